The first-order valence-electron chi connectivity index (χ1n) is 13.8. The van der Waals surface area contributed by atoms with Gasteiger partial charge in [0.1, 0.15) is 5.75 Å². The second-order valence-corrected chi connectivity index (χ2v) is 10.6. The first-order chi connectivity index (χ1) is 20.8. The molecular formula is C28H29F6N7O3. The number of anilines is 1. The van der Waals surface area contributed by atoms with Crippen LogP contribution in [0.3, 0.4) is 0 Å². The zero-order valence-corrected chi connectivity index (χ0v) is 23.6. The molecule has 2 fully saturated rings. The van der Waals surface area contributed by atoms with Gasteiger partial charge >= 0.3 is 12.4 Å². The third-order valence-corrected chi connectivity index (χ3v) is 7.70. The maximum Gasteiger partial charge on any atom is 0.438 e. The Bertz CT molecular complexity index is 1520. The van der Waals surface area contributed by atoms with Crippen molar-refractivity contribution in [1.82, 2.24) is 29.3 Å². The molecule has 2 aliphatic rings. The molecule has 1 aromatic carbocycles. The number of amides is 1. The molecule has 5 rings (SSSR count). The Hall–Kier alpha value is -4.21. The van der Waals surface area contributed by atoms with Gasteiger partial charge in [-0.05, 0) is 37.1 Å². The molecule has 4 heterocycles. The van der Waals surface area contributed by atoms with Crippen molar-refractivity contribution in [1.29, 1.82) is 0 Å². The van der Waals surface area contributed by atoms with Crippen molar-refractivity contribution in [3.63, 3.8) is 0 Å². The van der Waals surface area contributed by atoms with Crippen LogP contribution in [0.15, 0.2) is 47.7 Å². The highest BCUT2D eigenvalue weighted by Gasteiger charge is 2.39. The Balaban J connectivity index is 1.28. The minimum atomic E-state index is -4.97. The normalized spacial score (nSPS) is 18.1. The van der Waals surface area contributed by atoms with Crippen molar-refractivity contribution < 1.29 is 35.9 Å². The molecule has 1 atom stereocenters. The number of hydrogen-bond acceptors (Lipinski definition) is 8. The number of methoxy groups -OCH3 is 1. The molecule has 0 N–H and O–H groups in total. The van der Waals surface area contributed by atoms with Gasteiger partial charge in [0.05, 0.1) is 37.5 Å². The zero-order valence-electron chi connectivity index (χ0n) is 23.6. The summed E-state index contributed by atoms with van der Waals surface area (Å²) < 4.78 is 86.2. The van der Waals surface area contributed by atoms with Crippen LogP contribution in [-0.2, 0) is 23.7 Å². The van der Waals surface area contributed by atoms with E-state index < -0.39 is 35.2 Å². The van der Waals surface area contributed by atoms with Crippen LogP contribution in [0.1, 0.15) is 41.4 Å². The highest BCUT2D eigenvalue weighted by Crippen LogP contribution is 2.33. The number of carbonyl (C=O) groups is 1. The molecule has 16 heteroatoms. The lowest BCUT2D eigenvalue weighted by molar-refractivity contribution is -0.143. The number of rotatable bonds is 7. The number of nitrogens with zero attached hydrogens (tertiary/aromatic N) is 7. The van der Waals surface area contributed by atoms with Crippen LogP contribution in [0.25, 0.3) is 0 Å². The predicted molar refractivity (Wildman–Crippen MR) is 145 cm³/mol. The lowest BCUT2D eigenvalue weighted by Crippen LogP contribution is -2.51. The summed E-state index contributed by atoms with van der Waals surface area (Å²) in [7, 11) is 1.49. The van der Waals surface area contributed by atoms with Gasteiger partial charge in [0, 0.05) is 44.8 Å². The van der Waals surface area contributed by atoms with Crippen LogP contribution >= 0.6 is 0 Å². The first-order valence-corrected chi connectivity index (χ1v) is 13.8. The number of piperazine rings is 1. The van der Waals surface area contributed by atoms with E-state index in [2.05, 4.69) is 15.0 Å². The molecule has 0 spiro atoms. The van der Waals surface area contributed by atoms with Gasteiger partial charge in [0.2, 0.25) is 17.5 Å². The average Bonchev–Trinajstić information content (AvgIpc) is 3.45. The van der Waals surface area contributed by atoms with Gasteiger partial charge in [-0.3, -0.25) is 14.5 Å². The van der Waals surface area contributed by atoms with Crippen LogP contribution in [0.2, 0.25) is 0 Å². The van der Waals surface area contributed by atoms with E-state index in [-0.39, 0.29) is 43.7 Å². The predicted octanol–water partition coefficient (Wildman–Crippen LogP) is 3.61. The third-order valence-electron chi connectivity index (χ3n) is 7.70. The largest absolute Gasteiger partial charge is 0.497 e. The van der Waals surface area contributed by atoms with E-state index in [4.69, 9.17) is 4.74 Å². The van der Waals surface area contributed by atoms with E-state index in [9.17, 15) is 35.9 Å². The number of aromatic nitrogens is 4. The molecule has 1 unspecified atom stereocenters. The van der Waals surface area contributed by atoms with Crippen LogP contribution in [0, 0.1) is 0 Å². The van der Waals surface area contributed by atoms with E-state index >= 15 is 0 Å². The molecule has 0 bridgehead atoms. The fourth-order valence-corrected chi connectivity index (χ4v) is 5.36. The highest BCUT2D eigenvalue weighted by molar-refractivity contribution is 5.78. The van der Waals surface area contributed by atoms with E-state index in [1.54, 1.807) is 39.0 Å². The Kier molecular flexibility index (Phi) is 8.81. The van der Waals surface area contributed by atoms with Crippen molar-refractivity contribution in [3.8, 4) is 5.75 Å². The van der Waals surface area contributed by atoms with Gasteiger partial charge in [0.25, 0.3) is 5.56 Å². The van der Waals surface area contributed by atoms with E-state index in [0.717, 1.165) is 4.57 Å². The van der Waals surface area contributed by atoms with Gasteiger partial charge in [-0.1, -0.05) is 12.1 Å². The Morgan fingerprint density at radius 1 is 0.955 bits per heavy atom. The van der Waals surface area contributed by atoms with E-state index in [1.165, 1.54) is 13.3 Å². The summed E-state index contributed by atoms with van der Waals surface area (Å²) in [6.07, 6.45) is -5.68. The molecular weight excluding hydrogens is 596 g/mol. The summed E-state index contributed by atoms with van der Waals surface area (Å²) in [6.45, 7) is 1.41. The average molecular weight is 626 g/mol. The van der Waals surface area contributed by atoms with Crippen LogP contribution < -0.4 is 15.2 Å². The second kappa shape index (κ2) is 12.4. The van der Waals surface area contributed by atoms with Crippen LogP contribution in [-0.4, -0.2) is 81.6 Å². The number of ether oxygens (including phenoxy) is 1. The van der Waals surface area contributed by atoms with Crippen molar-refractivity contribution in [2.45, 2.75) is 37.8 Å². The summed E-state index contributed by atoms with van der Waals surface area (Å²) in [6, 6.07) is 6.00. The van der Waals surface area contributed by atoms with Crippen molar-refractivity contribution in [2.75, 3.05) is 51.3 Å². The fourth-order valence-electron chi connectivity index (χ4n) is 5.36. The number of halogens is 6. The fraction of sp³-hybridized carbons (Fsp3) is 0.464. The standard InChI is InChI=1S/C28H29F6N7O3/c1-44-20-6-4-18(5-7-20)15-41-16-21(37-24(25(41)43)28(32,33)34)22-3-2-8-40(22)17-23(42)38-9-11-39(12-10-38)26-35-13-19(14-36-26)27(29,30)31/h4-7,13-14,16,22H,2-3,8-12,15,17H2,1H3. The van der Waals surface area contributed by atoms with Crippen molar-refractivity contribution in [2.24, 2.45) is 0 Å². The van der Waals surface area contributed by atoms with E-state index in [1.807, 2.05) is 0 Å². The Labute approximate surface area is 247 Å². The molecule has 1 amide bonds. The number of carbonyl (C=O) groups excluding carboxylic acids is 1. The van der Waals surface area contributed by atoms with Gasteiger partial charge < -0.3 is 19.1 Å². The number of hydrogen-bond donors (Lipinski definition) is 0. The molecule has 3 aromatic rings. The summed E-state index contributed by atoms with van der Waals surface area (Å²) in [5, 5.41) is 0. The topological polar surface area (TPSA) is 96.7 Å². The van der Waals surface area contributed by atoms with Gasteiger partial charge in [-0.25, -0.2) is 15.0 Å². The highest BCUT2D eigenvalue weighted by atomic mass is 19.4. The molecule has 236 valence electrons. The van der Waals surface area contributed by atoms with Crippen molar-refractivity contribution in [3.05, 3.63) is 75.7 Å². The Morgan fingerprint density at radius 3 is 2.20 bits per heavy atom. The molecule has 0 radical (unpaired) electrons. The summed E-state index contributed by atoms with van der Waals surface area (Å²) >= 11 is 0. The number of likely N-dealkylation sites (tertiary alicyclic amines) is 1. The smallest absolute Gasteiger partial charge is 0.438 e. The molecule has 0 saturated carbocycles. The minimum absolute atomic E-state index is 0.0556. The second-order valence-electron chi connectivity index (χ2n) is 10.6. The lowest BCUT2D eigenvalue weighted by atomic mass is 10.1. The molecule has 2 aliphatic heterocycles. The zero-order chi connectivity index (χ0) is 31.6. The van der Waals surface area contributed by atoms with Crippen LogP contribution in [0.5, 0.6) is 5.75 Å². The van der Waals surface area contributed by atoms with Gasteiger partial charge in [0.15, 0.2) is 0 Å². The first kappa shape index (κ1) is 31.2. The van der Waals surface area contributed by atoms with Gasteiger partial charge in [-0.15, -0.1) is 0 Å². The molecule has 0 aliphatic carbocycles. The lowest BCUT2D eigenvalue weighted by Gasteiger charge is -2.36. The maximum absolute atomic E-state index is 13.9. The van der Waals surface area contributed by atoms with E-state index in [0.29, 0.717) is 56.2 Å². The Morgan fingerprint density at radius 2 is 1.61 bits per heavy atom. The minimum Gasteiger partial charge on any atom is -0.497 e. The number of alkyl halides is 6. The van der Waals surface area contributed by atoms with Crippen molar-refractivity contribution >= 4 is 11.9 Å². The summed E-state index contributed by atoms with van der Waals surface area (Å²) in [5.74, 6) is 0.446. The quantitative estimate of drug-likeness (QED) is 0.368. The summed E-state index contributed by atoms with van der Waals surface area (Å²) in [5.41, 5.74) is -3.07. The number of benzene rings is 1. The SMILES string of the molecule is COc1ccc(Cn2cc(C3CCCN3CC(=O)N3CCN(c4ncc(C(F)(F)F)cn4)CC3)nc(C(F)(F)F)c2=O)cc1. The summed E-state index contributed by atoms with van der Waals surface area (Å²) in [4.78, 5) is 42.4. The van der Waals surface area contributed by atoms with Crippen LogP contribution in [0.4, 0.5) is 32.3 Å². The molecule has 2 aromatic heterocycles. The third kappa shape index (κ3) is 6.95. The maximum atomic E-state index is 13.9. The van der Waals surface area contributed by atoms with Gasteiger partial charge in [-0.2, -0.15) is 26.3 Å². The monoisotopic (exact) mass is 625 g/mol. The molecule has 2 saturated heterocycles. The molecule has 10 nitrogen and oxygen atoms in total. The molecule has 44 heavy (non-hydrogen) atoms.